The Hall–Kier alpha value is -0.660. The zero-order chi connectivity index (χ0) is 13.2. The van der Waals surface area contributed by atoms with Crippen molar-refractivity contribution >= 4 is 15.7 Å². The first-order chi connectivity index (χ1) is 8.44. The molecule has 1 amide bonds. The maximum atomic E-state index is 11.8. The Bertz CT molecular complexity index is 409. The van der Waals surface area contributed by atoms with Crippen LogP contribution < -0.4 is 5.32 Å². The Kier molecular flexibility index (Phi) is 4.24. The molecule has 0 saturated carbocycles. The van der Waals surface area contributed by atoms with Crippen LogP contribution in [0.25, 0.3) is 0 Å². The van der Waals surface area contributed by atoms with Gasteiger partial charge in [-0.05, 0) is 25.8 Å². The summed E-state index contributed by atoms with van der Waals surface area (Å²) in [7, 11) is -2.95. The van der Waals surface area contributed by atoms with Crippen LogP contribution in [-0.4, -0.2) is 67.6 Å². The molecule has 2 atom stereocenters. The third kappa shape index (κ3) is 3.93. The maximum absolute atomic E-state index is 11.8. The van der Waals surface area contributed by atoms with Crippen LogP contribution in [0.2, 0.25) is 0 Å². The summed E-state index contributed by atoms with van der Waals surface area (Å²) in [4.78, 5) is 13.7. The molecule has 2 saturated heterocycles. The van der Waals surface area contributed by atoms with E-state index in [9.17, 15) is 18.3 Å². The van der Waals surface area contributed by atoms with E-state index in [1.807, 2.05) is 4.90 Å². The molecule has 2 aliphatic rings. The van der Waals surface area contributed by atoms with Crippen LogP contribution in [0.5, 0.6) is 0 Å². The molecule has 2 unspecified atom stereocenters. The molecule has 104 valence electrons. The number of hydrogen-bond donors (Lipinski definition) is 2. The first-order valence-corrected chi connectivity index (χ1v) is 8.17. The number of sulfone groups is 1. The second-order valence-corrected chi connectivity index (χ2v) is 7.43. The summed E-state index contributed by atoms with van der Waals surface area (Å²) in [5.41, 5.74) is 0. The van der Waals surface area contributed by atoms with Crippen LogP contribution in [-0.2, 0) is 14.6 Å². The van der Waals surface area contributed by atoms with Gasteiger partial charge in [0.2, 0.25) is 5.91 Å². The summed E-state index contributed by atoms with van der Waals surface area (Å²) >= 11 is 0. The van der Waals surface area contributed by atoms with E-state index in [0.717, 1.165) is 19.4 Å². The smallest absolute Gasteiger partial charge is 0.234 e. The third-order valence-electron chi connectivity index (χ3n) is 3.45. The lowest BCUT2D eigenvalue weighted by atomic mass is 10.1. The standard InChI is InChI=1S/C11H20N2O4S/c14-10-2-1-4-13(6-10)7-11(15)12-9-3-5-18(16,17)8-9/h9-10,14H,1-8H2,(H,12,15). The molecule has 0 aromatic rings. The predicted octanol–water partition coefficient (Wildman–Crippen LogP) is -1.25. The molecule has 18 heavy (non-hydrogen) atoms. The maximum Gasteiger partial charge on any atom is 0.234 e. The molecule has 2 aliphatic heterocycles. The van der Waals surface area contributed by atoms with Crippen LogP contribution in [0.1, 0.15) is 19.3 Å². The lowest BCUT2D eigenvalue weighted by molar-refractivity contribution is -0.123. The van der Waals surface area contributed by atoms with E-state index in [1.165, 1.54) is 0 Å². The van der Waals surface area contributed by atoms with Gasteiger partial charge >= 0.3 is 0 Å². The Morgan fingerprint density at radius 1 is 1.39 bits per heavy atom. The van der Waals surface area contributed by atoms with Crippen molar-refractivity contribution < 1.29 is 18.3 Å². The Balaban J connectivity index is 1.75. The quantitative estimate of drug-likeness (QED) is 0.672. The fourth-order valence-corrected chi connectivity index (χ4v) is 4.23. The molecule has 2 N–H and O–H groups in total. The van der Waals surface area contributed by atoms with Gasteiger partial charge in [-0.3, -0.25) is 9.69 Å². The van der Waals surface area contributed by atoms with Crippen LogP contribution in [0.4, 0.5) is 0 Å². The van der Waals surface area contributed by atoms with Crippen molar-refractivity contribution in [2.75, 3.05) is 31.1 Å². The summed E-state index contributed by atoms with van der Waals surface area (Å²) in [5.74, 6) is 0.0769. The van der Waals surface area contributed by atoms with Crippen LogP contribution >= 0.6 is 0 Å². The van der Waals surface area contributed by atoms with Crippen molar-refractivity contribution in [3.05, 3.63) is 0 Å². The molecule has 0 aromatic heterocycles. The molecule has 0 radical (unpaired) electrons. The van der Waals surface area contributed by atoms with Crippen LogP contribution in [0.15, 0.2) is 0 Å². The monoisotopic (exact) mass is 276 g/mol. The SMILES string of the molecule is O=C(CN1CCCC(O)C1)NC1CCS(=O)(=O)C1. The number of β-amino-alcohol motifs (C(OH)–C–C–N with tert-alkyl or cyclic N) is 1. The van der Waals surface area contributed by atoms with Gasteiger partial charge in [0.15, 0.2) is 9.84 Å². The molecule has 0 aromatic carbocycles. The first kappa shape index (κ1) is 13.8. The Morgan fingerprint density at radius 2 is 2.17 bits per heavy atom. The fraction of sp³-hybridized carbons (Fsp3) is 0.909. The Morgan fingerprint density at radius 3 is 2.78 bits per heavy atom. The van der Waals surface area contributed by atoms with Gasteiger partial charge in [0.05, 0.1) is 24.2 Å². The van der Waals surface area contributed by atoms with E-state index in [0.29, 0.717) is 13.0 Å². The van der Waals surface area contributed by atoms with E-state index < -0.39 is 9.84 Å². The normalized spacial score (nSPS) is 32.3. The van der Waals surface area contributed by atoms with Crippen molar-refractivity contribution in [2.24, 2.45) is 0 Å². The van der Waals surface area contributed by atoms with Gasteiger partial charge in [-0.2, -0.15) is 0 Å². The minimum absolute atomic E-state index is 0.0569. The number of nitrogens with zero attached hydrogens (tertiary/aromatic N) is 1. The van der Waals surface area contributed by atoms with Gasteiger partial charge in [0.25, 0.3) is 0 Å². The van der Waals surface area contributed by atoms with Crippen molar-refractivity contribution in [2.45, 2.75) is 31.4 Å². The second-order valence-electron chi connectivity index (χ2n) is 5.20. The highest BCUT2D eigenvalue weighted by Gasteiger charge is 2.29. The van der Waals surface area contributed by atoms with Crippen LogP contribution in [0, 0.1) is 0 Å². The fourth-order valence-electron chi connectivity index (χ4n) is 2.56. The number of nitrogens with one attached hydrogen (secondary N) is 1. The zero-order valence-electron chi connectivity index (χ0n) is 10.3. The van der Waals surface area contributed by atoms with Gasteiger partial charge in [0.1, 0.15) is 0 Å². The minimum atomic E-state index is -2.95. The number of aliphatic hydroxyl groups excluding tert-OH is 1. The number of piperidine rings is 1. The number of likely N-dealkylation sites (tertiary alicyclic amines) is 1. The van der Waals surface area contributed by atoms with Crippen molar-refractivity contribution in [1.82, 2.24) is 10.2 Å². The first-order valence-electron chi connectivity index (χ1n) is 6.35. The third-order valence-corrected chi connectivity index (χ3v) is 5.21. The van der Waals surface area contributed by atoms with E-state index >= 15 is 0 Å². The average molecular weight is 276 g/mol. The minimum Gasteiger partial charge on any atom is -0.392 e. The van der Waals surface area contributed by atoms with E-state index in [4.69, 9.17) is 0 Å². The highest BCUT2D eigenvalue weighted by Crippen LogP contribution is 2.12. The molecule has 0 spiro atoms. The lowest BCUT2D eigenvalue weighted by Gasteiger charge is -2.29. The number of rotatable bonds is 3. The van der Waals surface area contributed by atoms with E-state index in [1.54, 1.807) is 0 Å². The average Bonchev–Trinajstić information content (AvgIpc) is 2.57. The molecule has 0 aliphatic carbocycles. The Labute approximate surface area is 107 Å². The molecule has 2 heterocycles. The number of carbonyl (C=O) groups excluding carboxylic acids is 1. The van der Waals surface area contributed by atoms with Crippen LogP contribution in [0.3, 0.4) is 0 Å². The number of aliphatic hydroxyl groups is 1. The number of hydrogen-bond acceptors (Lipinski definition) is 5. The largest absolute Gasteiger partial charge is 0.392 e. The molecule has 7 heteroatoms. The summed E-state index contributed by atoms with van der Waals surface area (Å²) in [5, 5.41) is 12.2. The molecule has 0 bridgehead atoms. The second kappa shape index (κ2) is 5.54. The van der Waals surface area contributed by atoms with Crippen molar-refractivity contribution in [3.63, 3.8) is 0 Å². The van der Waals surface area contributed by atoms with Gasteiger partial charge in [-0.25, -0.2) is 8.42 Å². The highest BCUT2D eigenvalue weighted by atomic mass is 32.2. The lowest BCUT2D eigenvalue weighted by Crippen LogP contribution is -2.46. The predicted molar refractivity (Wildman–Crippen MR) is 66.9 cm³/mol. The van der Waals surface area contributed by atoms with E-state index in [2.05, 4.69) is 5.32 Å². The topological polar surface area (TPSA) is 86.7 Å². The molecule has 2 fully saturated rings. The molecular formula is C11H20N2O4S. The van der Waals surface area contributed by atoms with Crippen molar-refractivity contribution in [3.8, 4) is 0 Å². The summed E-state index contributed by atoms with van der Waals surface area (Å²) in [6, 6.07) is -0.239. The number of amides is 1. The molecule has 6 nitrogen and oxygen atoms in total. The van der Waals surface area contributed by atoms with Gasteiger partial charge in [-0.1, -0.05) is 0 Å². The number of carbonyl (C=O) groups is 1. The summed E-state index contributed by atoms with van der Waals surface area (Å²) < 4.78 is 22.5. The molecular weight excluding hydrogens is 256 g/mol. The summed E-state index contributed by atoms with van der Waals surface area (Å²) in [6.45, 7) is 1.58. The van der Waals surface area contributed by atoms with Crippen molar-refractivity contribution in [1.29, 1.82) is 0 Å². The highest BCUT2D eigenvalue weighted by molar-refractivity contribution is 7.91. The molecule has 2 rings (SSSR count). The van der Waals surface area contributed by atoms with Gasteiger partial charge < -0.3 is 10.4 Å². The van der Waals surface area contributed by atoms with Gasteiger partial charge in [-0.15, -0.1) is 0 Å². The summed E-state index contributed by atoms with van der Waals surface area (Å²) in [6.07, 6.45) is 1.85. The van der Waals surface area contributed by atoms with E-state index in [-0.39, 0.29) is 36.1 Å². The zero-order valence-corrected chi connectivity index (χ0v) is 11.2. The van der Waals surface area contributed by atoms with Gasteiger partial charge in [0, 0.05) is 12.6 Å².